The average Bonchev–Trinajstić information content (AvgIpc) is 2.85. The predicted molar refractivity (Wildman–Crippen MR) is 73.6 cm³/mol. The third kappa shape index (κ3) is 6.04. The molecule has 1 fully saturated rings. The molecule has 1 saturated heterocycles. The van der Waals surface area contributed by atoms with E-state index in [1.807, 2.05) is 0 Å². The first kappa shape index (κ1) is 15.0. The maximum absolute atomic E-state index is 5.35. The van der Waals surface area contributed by atoms with Crippen molar-refractivity contribution in [3.63, 3.8) is 0 Å². The molecule has 0 aromatic heterocycles. The van der Waals surface area contributed by atoms with Crippen LogP contribution in [0, 0.1) is 17.8 Å². The Morgan fingerprint density at radius 3 is 2.67 bits per heavy atom. The molecule has 1 aliphatic rings. The molecule has 4 nitrogen and oxygen atoms in total. The second-order valence-electron chi connectivity index (χ2n) is 4.75. The lowest BCUT2D eigenvalue weighted by Crippen LogP contribution is -2.23. The smallest absolute Gasteiger partial charge is 0.132 e. The van der Waals surface area contributed by atoms with E-state index in [9.17, 15) is 0 Å². The standard InChI is InChI=1S/C14H24N2O2/c1-13(2)14(7-6-11-17-3)15-18-12-10-16-8-4-5-9-16/h13H,4-5,8-12H2,1-3H3/b15-14+. The van der Waals surface area contributed by atoms with Crippen LogP contribution in [0.2, 0.25) is 0 Å². The number of oxime groups is 1. The monoisotopic (exact) mass is 252 g/mol. The van der Waals surface area contributed by atoms with E-state index < -0.39 is 0 Å². The molecule has 0 spiro atoms. The van der Waals surface area contributed by atoms with Crippen LogP contribution < -0.4 is 0 Å². The number of nitrogens with zero attached hydrogens (tertiary/aromatic N) is 2. The van der Waals surface area contributed by atoms with Gasteiger partial charge in [0.15, 0.2) is 0 Å². The maximum atomic E-state index is 5.35. The summed E-state index contributed by atoms with van der Waals surface area (Å²) in [6.07, 6.45) is 2.62. The van der Waals surface area contributed by atoms with E-state index in [0.29, 0.717) is 13.2 Å². The molecule has 0 atom stereocenters. The molecular formula is C14H24N2O2. The Kier molecular flexibility index (Phi) is 7.47. The highest BCUT2D eigenvalue weighted by atomic mass is 16.6. The summed E-state index contributed by atoms with van der Waals surface area (Å²) in [6.45, 7) is 8.53. The van der Waals surface area contributed by atoms with Gasteiger partial charge in [0.2, 0.25) is 0 Å². The Labute approximate surface area is 110 Å². The van der Waals surface area contributed by atoms with Gasteiger partial charge in [0, 0.05) is 19.6 Å². The third-order valence-electron chi connectivity index (χ3n) is 2.84. The van der Waals surface area contributed by atoms with Crippen LogP contribution in [0.3, 0.4) is 0 Å². The SMILES string of the molecule is COCC#C/C(=N\OCCN1CCCC1)C(C)C. The Morgan fingerprint density at radius 2 is 2.06 bits per heavy atom. The molecule has 0 amide bonds. The molecule has 0 saturated carbocycles. The number of rotatable bonds is 6. The maximum Gasteiger partial charge on any atom is 0.132 e. The van der Waals surface area contributed by atoms with Gasteiger partial charge in [-0.2, -0.15) is 0 Å². The van der Waals surface area contributed by atoms with E-state index in [1.165, 1.54) is 25.9 Å². The van der Waals surface area contributed by atoms with Crippen LogP contribution in [0.4, 0.5) is 0 Å². The highest BCUT2D eigenvalue weighted by Crippen LogP contribution is 2.06. The second-order valence-corrected chi connectivity index (χ2v) is 4.75. The summed E-state index contributed by atoms with van der Waals surface area (Å²) in [5, 5.41) is 4.12. The number of hydrogen-bond acceptors (Lipinski definition) is 4. The van der Waals surface area contributed by atoms with E-state index >= 15 is 0 Å². The van der Waals surface area contributed by atoms with Crippen molar-refractivity contribution in [3.05, 3.63) is 0 Å². The van der Waals surface area contributed by atoms with Crippen molar-refractivity contribution in [2.24, 2.45) is 11.1 Å². The molecule has 1 aliphatic heterocycles. The molecule has 0 unspecified atom stereocenters. The molecule has 0 aromatic carbocycles. The molecule has 0 aliphatic carbocycles. The fourth-order valence-electron chi connectivity index (χ4n) is 1.76. The number of likely N-dealkylation sites (tertiary alicyclic amines) is 1. The summed E-state index contributed by atoms with van der Waals surface area (Å²) in [5.74, 6) is 6.17. The molecule has 0 radical (unpaired) electrons. The van der Waals surface area contributed by atoms with Gasteiger partial charge < -0.3 is 9.57 Å². The number of methoxy groups -OCH3 is 1. The van der Waals surface area contributed by atoms with Crippen LogP contribution in [0.25, 0.3) is 0 Å². The van der Waals surface area contributed by atoms with Crippen molar-refractivity contribution in [1.82, 2.24) is 4.90 Å². The molecule has 18 heavy (non-hydrogen) atoms. The van der Waals surface area contributed by atoms with E-state index in [1.54, 1.807) is 7.11 Å². The molecule has 1 heterocycles. The normalized spacial score (nSPS) is 16.8. The minimum atomic E-state index is 0.279. The van der Waals surface area contributed by atoms with Crippen LogP contribution in [0.5, 0.6) is 0 Å². The predicted octanol–water partition coefficient (Wildman–Crippen LogP) is 1.76. The summed E-state index contributed by atoms with van der Waals surface area (Å²) in [4.78, 5) is 7.76. The van der Waals surface area contributed by atoms with Gasteiger partial charge in [-0.15, -0.1) is 0 Å². The summed E-state index contributed by atoms with van der Waals surface area (Å²) < 4.78 is 4.89. The number of hydrogen-bond donors (Lipinski definition) is 0. The average molecular weight is 252 g/mol. The highest BCUT2D eigenvalue weighted by molar-refractivity contribution is 6.01. The topological polar surface area (TPSA) is 34.1 Å². The Hall–Kier alpha value is -1.05. The van der Waals surface area contributed by atoms with Crippen molar-refractivity contribution in [2.45, 2.75) is 26.7 Å². The van der Waals surface area contributed by atoms with Crippen LogP contribution in [0.15, 0.2) is 5.16 Å². The first-order chi connectivity index (χ1) is 8.74. The Bertz CT molecular complexity index is 309. The third-order valence-corrected chi connectivity index (χ3v) is 2.84. The van der Waals surface area contributed by atoms with Crippen LogP contribution in [0.1, 0.15) is 26.7 Å². The summed E-state index contributed by atoms with van der Waals surface area (Å²) >= 11 is 0. The summed E-state index contributed by atoms with van der Waals surface area (Å²) in [7, 11) is 1.63. The zero-order chi connectivity index (χ0) is 13.2. The van der Waals surface area contributed by atoms with Gasteiger partial charge in [-0.1, -0.05) is 24.9 Å². The highest BCUT2D eigenvalue weighted by Gasteiger charge is 2.10. The van der Waals surface area contributed by atoms with Gasteiger partial charge in [-0.3, -0.25) is 4.90 Å². The summed E-state index contributed by atoms with van der Waals surface area (Å²) in [6, 6.07) is 0. The van der Waals surface area contributed by atoms with Gasteiger partial charge >= 0.3 is 0 Å². The minimum Gasteiger partial charge on any atom is -0.394 e. The van der Waals surface area contributed by atoms with E-state index in [2.05, 4.69) is 35.7 Å². The first-order valence-electron chi connectivity index (χ1n) is 6.64. The quantitative estimate of drug-likeness (QED) is 0.313. The van der Waals surface area contributed by atoms with E-state index in [-0.39, 0.29) is 5.92 Å². The molecular weight excluding hydrogens is 228 g/mol. The molecule has 0 aromatic rings. The van der Waals surface area contributed by atoms with Crippen LogP contribution in [-0.4, -0.2) is 50.6 Å². The van der Waals surface area contributed by atoms with Gasteiger partial charge in [0.25, 0.3) is 0 Å². The molecule has 1 rings (SSSR count). The lowest BCUT2D eigenvalue weighted by Gasteiger charge is -2.13. The van der Waals surface area contributed by atoms with Gasteiger partial charge in [0.05, 0.1) is 0 Å². The van der Waals surface area contributed by atoms with Crippen molar-refractivity contribution < 1.29 is 9.57 Å². The lowest BCUT2D eigenvalue weighted by molar-refractivity contribution is 0.118. The van der Waals surface area contributed by atoms with Crippen LogP contribution in [-0.2, 0) is 9.57 Å². The Balaban J connectivity index is 2.29. The van der Waals surface area contributed by atoms with Crippen molar-refractivity contribution in [3.8, 4) is 11.8 Å². The lowest BCUT2D eigenvalue weighted by atomic mass is 10.1. The van der Waals surface area contributed by atoms with Crippen molar-refractivity contribution in [2.75, 3.05) is 40.0 Å². The molecule has 4 heteroatoms. The van der Waals surface area contributed by atoms with Gasteiger partial charge in [-0.05, 0) is 31.9 Å². The molecule has 0 bridgehead atoms. The van der Waals surface area contributed by atoms with Crippen molar-refractivity contribution in [1.29, 1.82) is 0 Å². The van der Waals surface area contributed by atoms with Crippen LogP contribution >= 0.6 is 0 Å². The fourth-order valence-corrected chi connectivity index (χ4v) is 1.76. The van der Waals surface area contributed by atoms with Crippen molar-refractivity contribution >= 4 is 5.71 Å². The summed E-state index contributed by atoms with van der Waals surface area (Å²) in [5.41, 5.74) is 0.786. The Morgan fingerprint density at radius 1 is 1.33 bits per heavy atom. The molecule has 0 N–H and O–H groups in total. The van der Waals surface area contributed by atoms with E-state index in [4.69, 9.17) is 9.57 Å². The minimum absolute atomic E-state index is 0.279. The first-order valence-corrected chi connectivity index (χ1v) is 6.64. The largest absolute Gasteiger partial charge is 0.394 e. The zero-order valence-corrected chi connectivity index (χ0v) is 11.7. The molecule has 102 valence electrons. The second kappa shape index (κ2) is 8.96. The van der Waals surface area contributed by atoms with Gasteiger partial charge in [-0.25, -0.2) is 0 Å². The number of ether oxygens (including phenoxy) is 1. The van der Waals surface area contributed by atoms with E-state index in [0.717, 1.165) is 12.3 Å². The van der Waals surface area contributed by atoms with Gasteiger partial charge in [0.1, 0.15) is 18.9 Å². The fraction of sp³-hybridized carbons (Fsp3) is 0.786. The zero-order valence-electron chi connectivity index (χ0n) is 11.7.